The van der Waals surface area contributed by atoms with E-state index in [1.807, 2.05) is 61.6 Å². The van der Waals surface area contributed by atoms with Crippen molar-refractivity contribution >= 4 is 151 Å². The van der Waals surface area contributed by atoms with Crippen LogP contribution in [0.2, 0.25) is 0 Å². The van der Waals surface area contributed by atoms with Crippen molar-refractivity contribution < 1.29 is 50.2 Å². The number of benzene rings is 4. The average molecular weight is 1710 g/mol. The van der Waals surface area contributed by atoms with Crippen molar-refractivity contribution in [1.29, 1.82) is 5.26 Å². The van der Waals surface area contributed by atoms with Crippen LogP contribution in [-0.2, 0) is 0 Å². The second-order valence-corrected chi connectivity index (χ2v) is 34.9. The fourth-order valence-electron chi connectivity index (χ4n) is 19.7. The molecule has 0 aliphatic carbocycles. The number of imidazole rings is 4. The van der Waals surface area contributed by atoms with Gasteiger partial charge in [-0.25, -0.2) is 66.2 Å². The van der Waals surface area contributed by atoms with Crippen molar-refractivity contribution in [3.8, 4) is 17.6 Å². The number of nitrogens with one attached hydrogen (secondary N) is 3. The van der Waals surface area contributed by atoms with Crippen LogP contribution in [0.5, 0.6) is 11.5 Å². The third kappa shape index (κ3) is 15.0. The quantitative estimate of drug-likeness (QED) is 0.125. The lowest BCUT2D eigenvalue weighted by Crippen LogP contribution is -2.39. The van der Waals surface area contributed by atoms with Gasteiger partial charge < -0.3 is 49.9 Å². The maximum absolute atomic E-state index is 14.2. The molecule has 0 spiro atoms. The molecule has 648 valence electrons. The summed E-state index contributed by atoms with van der Waals surface area (Å²) in [6, 6.07) is 28.0. The summed E-state index contributed by atoms with van der Waals surface area (Å²) >= 11 is 0. The molecule has 126 heavy (non-hydrogen) atoms. The standard InChI is InChI=1S/C25H27N5O3.C24H25F2N5O.C23H24F2N6O.C22H19F2N5/c1-13-5-14(2)11-29(10-13)19-6-15(3)27-23-16(19)7-17(25(31)26-4)24-28-18-8-21-22(33-12-32-21)9-20(18)30(23)24;1-12-5-13(2)11-30(10-12)20-6-14(3)28-22-15(20)7-16(24(32)27-4)23-29-19-8-17(25)18(26)9-21(19)31(22)23;1-13-9-19(30-6-4-5-29(3)7-8-30)14-10-15(23(32)26-2)22-28-18-11-16(24)17(25)12-20(18)31(22)21(14)27-13;1-12-5-13(2)11-28(10-12)19-3-4-26-22-15(19)6-14(9-25)21-27-18-7-16(23)17(24)8-20(18)29(21)22/h6-9,13-14H,5,10-12H2,1-4H3,(H,26,31);6-9,12-13H,5,10-11H2,1-4H3,(H,27,32);9-12H,4-8H2,1-3H3,(H,26,32);3-4,6-8,12-13H,5,10-11H2,1-2H3/t13-,14+;12-,13+;;12-,13+. The molecule has 16 aromatic rings. The Labute approximate surface area is 720 Å². The van der Waals surface area contributed by atoms with Gasteiger partial charge >= 0.3 is 0 Å². The summed E-state index contributed by atoms with van der Waals surface area (Å²) < 4.78 is 102. The molecule has 3 N–H and O–H groups in total. The molecule has 0 saturated carbocycles. The number of carbonyl (C=O) groups is 3. The highest BCUT2D eigenvalue weighted by molar-refractivity contribution is 6.11. The Balaban J connectivity index is 0.000000114. The summed E-state index contributed by atoms with van der Waals surface area (Å²) in [5.41, 5.74) is 15.8. The third-order valence-electron chi connectivity index (χ3n) is 24.8. The maximum atomic E-state index is 14.2. The van der Waals surface area contributed by atoms with Gasteiger partial charge in [0.2, 0.25) is 6.79 Å². The molecule has 3 amide bonds. The largest absolute Gasteiger partial charge is 0.454 e. The van der Waals surface area contributed by atoms with Crippen LogP contribution in [0.25, 0.3) is 111 Å². The Morgan fingerprint density at radius 2 is 0.730 bits per heavy atom. The lowest BCUT2D eigenvalue weighted by Gasteiger charge is -2.37. The van der Waals surface area contributed by atoms with Crippen LogP contribution >= 0.6 is 0 Å². The Morgan fingerprint density at radius 3 is 1.13 bits per heavy atom. The molecule has 17 heterocycles. The predicted octanol–water partition coefficient (Wildman–Crippen LogP) is 16.2. The van der Waals surface area contributed by atoms with Crippen LogP contribution in [0.4, 0.5) is 49.1 Å². The van der Waals surface area contributed by atoms with Gasteiger partial charge in [-0.05, 0) is 144 Å². The first kappa shape index (κ1) is 83.5. The SMILES string of the molecule is CNC(=O)c1cc2c(N3CCCN(C)CC3)cc(C)nc2n2c1nc1cc(F)c(F)cc12.CNC(=O)c1cc2c(N3C[C@H](C)C[C@H](C)C3)cc(C)nc2n2c1nc1cc(F)c(F)cc12.CNC(=O)c1cc2c(N3C[C@H](C)C[C@H](C)C3)cc(C)nc2n2c1nc1cc3c(cc12)OCO3.C[C@@H]1C[C@H](C)CN(c2ccnc3c2cc(C#N)c2nc4cc(F)c(F)cc4n23)C1. The number of hydrogen-bond donors (Lipinski definition) is 3. The molecule has 21 rings (SSSR count). The van der Waals surface area contributed by atoms with Crippen molar-refractivity contribution in [3.63, 3.8) is 0 Å². The van der Waals surface area contributed by atoms with Crippen molar-refractivity contribution in [2.75, 3.05) is 120 Å². The van der Waals surface area contributed by atoms with E-state index in [1.54, 1.807) is 58.7 Å². The van der Waals surface area contributed by atoms with E-state index in [9.17, 15) is 46.0 Å². The maximum Gasteiger partial charge on any atom is 0.254 e. The van der Waals surface area contributed by atoms with E-state index in [2.05, 4.69) is 121 Å². The number of piperidine rings is 3. The van der Waals surface area contributed by atoms with Crippen LogP contribution in [-0.4, -0.2) is 181 Å². The lowest BCUT2D eigenvalue weighted by atomic mass is 9.91. The van der Waals surface area contributed by atoms with Gasteiger partial charge in [-0.15, -0.1) is 0 Å². The van der Waals surface area contributed by atoms with Gasteiger partial charge in [0, 0.05) is 196 Å². The number of likely N-dealkylation sites (N-methyl/N-ethyl adjacent to an activating group) is 1. The Bertz CT molecular complexity index is 7220. The van der Waals surface area contributed by atoms with E-state index in [0.717, 1.165) is 186 Å². The van der Waals surface area contributed by atoms with Gasteiger partial charge in [0.15, 0.2) is 69.0 Å². The monoisotopic (exact) mass is 1710 g/mol. The van der Waals surface area contributed by atoms with Crippen LogP contribution in [0.1, 0.15) is 121 Å². The molecular weight excluding hydrogens is 1620 g/mol. The van der Waals surface area contributed by atoms with Gasteiger partial charge in [-0.2, -0.15) is 5.26 Å². The fraction of sp³-hybridized carbons (Fsp3) is 0.362. The zero-order valence-electron chi connectivity index (χ0n) is 72.2. The molecule has 6 atom stereocenters. The van der Waals surface area contributed by atoms with E-state index in [0.29, 0.717) is 131 Å². The highest BCUT2D eigenvalue weighted by atomic mass is 19.2. The highest BCUT2D eigenvalue weighted by Gasteiger charge is 2.33. The zero-order valence-corrected chi connectivity index (χ0v) is 72.2. The number of amides is 3. The van der Waals surface area contributed by atoms with E-state index >= 15 is 0 Å². The van der Waals surface area contributed by atoms with Gasteiger partial charge in [0.25, 0.3) is 17.7 Å². The normalized spacial score (nSPS) is 18.7. The molecule has 0 radical (unpaired) electrons. The minimum absolute atomic E-state index is 0.177. The zero-order chi connectivity index (χ0) is 88.4. The van der Waals surface area contributed by atoms with E-state index in [4.69, 9.17) is 29.4 Å². The molecule has 5 aliphatic heterocycles. The topological polar surface area (TPSA) is 267 Å². The van der Waals surface area contributed by atoms with Crippen LogP contribution in [0.15, 0.2) is 103 Å². The number of nitrogens with zero attached hydrogens (tertiary/aromatic N) is 18. The number of nitriles is 1. The molecule has 5 aliphatic rings. The molecule has 4 aromatic carbocycles. The fourth-order valence-corrected chi connectivity index (χ4v) is 19.7. The number of rotatable bonds is 7. The molecular formula is C94H95F6N21O5. The van der Waals surface area contributed by atoms with E-state index < -0.39 is 34.9 Å². The van der Waals surface area contributed by atoms with Crippen molar-refractivity contribution in [3.05, 3.63) is 177 Å². The first-order valence-corrected chi connectivity index (χ1v) is 42.7. The Kier molecular flexibility index (Phi) is 21.8. The van der Waals surface area contributed by atoms with Crippen LogP contribution in [0, 0.1) is 103 Å². The number of aromatic nitrogens is 12. The summed E-state index contributed by atoms with van der Waals surface area (Å²) in [4.78, 5) is 87.3. The number of pyridine rings is 8. The number of aryl methyl sites for hydroxylation is 3. The second kappa shape index (κ2) is 32.9. The molecule has 0 bridgehead atoms. The number of halogens is 6. The summed E-state index contributed by atoms with van der Waals surface area (Å²) in [6.45, 7) is 28.9. The number of anilines is 4. The van der Waals surface area contributed by atoms with Crippen molar-refractivity contribution in [2.24, 2.45) is 35.5 Å². The number of hydrogen-bond acceptors (Lipinski definition) is 19. The molecule has 4 saturated heterocycles. The van der Waals surface area contributed by atoms with Crippen molar-refractivity contribution in [1.82, 2.24) is 78.3 Å². The van der Waals surface area contributed by atoms with Crippen molar-refractivity contribution in [2.45, 2.75) is 88.0 Å². The minimum atomic E-state index is -0.981. The lowest BCUT2D eigenvalue weighted by molar-refractivity contribution is 0.0956. The molecule has 4 fully saturated rings. The predicted molar refractivity (Wildman–Crippen MR) is 477 cm³/mol. The van der Waals surface area contributed by atoms with Gasteiger partial charge in [-0.3, -0.25) is 32.0 Å². The number of ether oxygens (including phenoxy) is 2. The van der Waals surface area contributed by atoms with Gasteiger partial charge in [-0.1, -0.05) is 41.5 Å². The van der Waals surface area contributed by atoms with E-state index in [1.165, 1.54) is 19.3 Å². The van der Waals surface area contributed by atoms with Crippen LogP contribution in [0.3, 0.4) is 0 Å². The Morgan fingerprint density at radius 1 is 0.389 bits per heavy atom. The first-order chi connectivity index (χ1) is 60.5. The first-order valence-electron chi connectivity index (χ1n) is 42.7. The summed E-state index contributed by atoms with van der Waals surface area (Å²) in [7, 11) is 6.85. The highest BCUT2D eigenvalue weighted by Crippen LogP contribution is 2.43. The molecule has 0 unspecified atom stereocenters. The second-order valence-electron chi connectivity index (χ2n) is 34.9. The molecule has 26 nitrogen and oxygen atoms in total. The molecule has 32 heteroatoms. The smallest absolute Gasteiger partial charge is 0.254 e. The number of fused-ring (bicyclic) bond motifs is 21. The van der Waals surface area contributed by atoms with E-state index in [-0.39, 0.29) is 35.5 Å². The average Bonchev–Trinajstić information content (AvgIpc) is 1.56. The summed E-state index contributed by atoms with van der Waals surface area (Å²) in [5.74, 6) is -1.89. The summed E-state index contributed by atoms with van der Waals surface area (Å²) in [5, 5.41) is 21.1. The van der Waals surface area contributed by atoms with Gasteiger partial charge in [0.1, 0.15) is 28.7 Å². The summed E-state index contributed by atoms with van der Waals surface area (Å²) in [6.07, 6.45) is 6.32. The Hall–Kier alpha value is -13.4. The third-order valence-corrected chi connectivity index (χ3v) is 24.8. The van der Waals surface area contributed by atoms with Crippen LogP contribution < -0.4 is 45.0 Å². The minimum Gasteiger partial charge on any atom is -0.454 e. The number of carbonyl (C=O) groups excluding carboxylic acids is 3. The molecule has 12 aromatic heterocycles. The van der Waals surface area contributed by atoms with Gasteiger partial charge in [0.05, 0.1) is 66.4 Å².